The molecule has 0 radical (unpaired) electrons. The van der Waals surface area contributed by atoms with Crippen LogP contribution in [0.25, 0.3) is 0 Å². The molecule has 0 unspecified atom stereocenters. The number of hydrogen-bond acceptors (Lipinski definition) is 2. The summed E-state index contributed by atoms with van der Waals surface area (Å²) in [5.41, 5.74) is 5.97. The normalized spacial score (nSPS) is 21.3. The highest BCUT2D eigenvalue weighted by Crippen LogP contribution is 2.22. The highest BCUT2D eigenvalue weighted by atomic mass is 35.5. The highest BCUT2D eigenvalue weighted by Gasteiger charge is 2.27. The van der Waals surface area contributed by atoms with Crippen LogP contribution in [-0.4, -0.2) is 29.9 Å². The van der Waals surface area contributed by atoms with Crippen LogP contribution in [0.3, 0.4) is 0 Å². The third-order valence-electron chi connectivity index (χ3n) is 3.65. The Balaban J connectivity index is 2.15. The number of piperidine rings is 1. The first-order valence-electron chi connectivity index (χ1n) is 6.49. The molecule has 0 spiro atoms. The molecule has 5 heteroatoms. The van der Waals surface area contributed by atoms with Crippen molar-refractivity contribution in [2.75, 3.05) is 13.1 Å². The first-order chi connectivity index (χ1) is 8.99. The van der Waals surface area contributed by atoms with Crippen LogP contribution in [0.15, 0.2) is 18.2 Å². The van der Waals surface area contributed by atoms with Gasteiger partial charge in [-0.1, -0.05) is 11.6 Å². The molecule has 0 aliphatic carbocycles. The summed E-state index contributed by atoms with van der Waals surface area (Å²) in [6.45, 7) is 3.20. The number of rotatable bonds is 2. The minimum absolute atomic E-state index is 0.0469. The molecule has 1 heterocycles. The van der Waals surface area contributed by atoms with Gasteiger partial charge in [-0.25, -0.2) is 4.39 Å². The van der Waals surface area contributed by atoms with Crippen molar-refractivity contribution in [3.63, 3.8) is 0 Å². The van der Waals surface area contributed by atoms with Gasteiger partial charge in [0.1, 0.15) is 5.82 Å². The molecule has 19 heavy (non-hydrogen) atoms. The Hall–Kier alpha value is -1.13. The van der Waals surface area contributed by atoms with Crippen molar-refractivity contribution >= 4 is 17.5 Å². The first kappa shape index (κ1) is 14.3. The zero-order valence-corrected chi connectivity index (χ0v) is 11.7. The Bertz CT molecular complexity index is 479. The van der Waals surface area contributed by atoms with Crippen LogP contribution in [0.1, 0.15) is 30.1 Å². The van der Waals surface area contributed by atoms with Crippen LogP contribution in [-0.2, 0) is 0 Å². The van der Waals surface area contributed by atoms with Gasteiger partial charge in [-0.05, 0) is 43.9 Å². The second-order valence-corrected chi connectivity index (χ2v) is 5.57. The summed E-state index contributed by atoms with van der Waals surface area (Å²) in [6, 6.07) is 4.19. The fourth-order valence-corrected chi connectivity index (χ4v) is 2.62. The Kier molecular flexibility index (Phi) is 4.42. The van der Waals surface area contributed by atoms with Gasteiger partial charge in [-0.15, -0.1) is 0 Å². The molecule has 0 bridgehead atoms. The Labute approximate surface area is 117 Å². The molecule has 0 saturated carbocycles. The lowest BCUT2D eigenvalue weighted by atomic mass is 9.92. The minimum atomic E-state index is -0.569. The van der Waals surface area contributed by atoms with Gasteiger partial charge in [-0.3, -0.25) is 4.79 Å². The lowest BCUT2D eigenvalue weighted by Crippen LogP contribution is -2.45. The van der Waals surface area contributed by atoms with Crippen LogP contribution in [0.5, 0.6) is 0 Å². The molecule has 1 aromatic carbocycles. The van der Waals surface area contributed by atoms with E-state index in [1.165, 1.54) is 18.2 Å². The number of nitrogens with two attached hydrogens (primary N) is 1. The van der Waals surface area contributed by atoms with Gasteiger partial charge in [0.15, 0.2) is 0 Å². The van der Waals surface area contributed by atoms with Crippen molar-refractivity contribution in [3.05, 3.63) is 34.6 Å². The fraction of sp³-hybridized carbons (Fsp3) is 0.500. The zero-order chi connectivity index (χ0) is 14.0. The topological polar surface area (TPSA) is 46.3 Å². The fourth-order valence-electron chi connectivity index (χ4n) is 2.46. The van der Waals surface area contributed by atoms with E-state index in [0.29, 0.717) is 18.1 Å². The molecule has 1 amide bonds. The molecule has 1 fully saturated rings. The Morgan fingerprint density at radius 1 is 1.58 bits per heavy atom. The molecule has 1 saturated heterocycles. The maximum absolute atomic E-state index is 13.8. The van der Waals surface area contributed by atoms with E-state index in [4.69, 9.17) is 17.3 Å². The molecule has 2 N–H and O–H groups in total. The highest BCUT2D eigenvalue weighted by molar-refractivity contribution is 6.30. The van der Waals surface area contributed by atoms with Crippen LogP contribution < -0.4 is 5.73 Å². The monoisotopic (exact) mass is 284 g/mol. The van der Waals surface area contributed by atoms with Crippen molar-refractivity contribution in [1.82, 2.24) is 4.90 Å². The number of amides is 1. The van der Waals surface area contributed by atoms with Crippen molar-refractivity contribution in [2.45, 2.75) is 25.8 Å². The molecule has 0 aromatic heterocycles. The van der Waals surface area contributed by atoms with E-state index in [0.717, 1.165) is 12.8 Å². The number of hydrogen-bond donors (Lipinski definition) is 1. The minimum Gasteiger partial charge on any atom is -0.338 e. The summed E-state index contributed by atoms with van der Waals surface area (Å²) in [4.78, 5) is 14.0. The molecule has 1 aliphatic rings. The number of carbonyl (C=O) groups excluding carboxylic acids is 1. The molecular formula is C14H18ClFN2O. The van der Waals surface area contributed by atoms with E-state index >= 15 is 0 Å². The SMILES string of the molecule is C[C@H](N)[C@H]1CCCN(C(=O)c2ccc(Cl)cc2F)C1. The number of likely N-dealkylation sites (tertiary alicyclic amines) is 1. The van der Waals surface area contributed by atoms with Crippen molar-refractivity contribution in [3.8, 4) is 0 Å². The largest absolute Gasteiger partial charge is 0.338 e. The summed E-state index contributed by atoms with van der Waals surface area (Å²) in [5.74, 6) is -0.562. The summed E-state index contributed by atoms with van der Waals surface area (Å²) < 4.78 is 13.8. The number of benzene rings is 1. The molecule has 1 aromatic rings. The standard InChI is InChI=1S/C14H18ClFN2O/c1-9(17)10-3-2-6-18(8-10)14(19)12-5-4-11(15)7-13(12)16/h4-5,7,9-10H,2-3,6,8,17H2,1H3/t9-,10-/m0/s1. The lowest BCUT2D eigenvalue weighted by Gasteiger charge is -2.34. The lowest BCUT2D eigenvalue weighted by molar-refractivity contribution is 0.0656. The average molecular weight is 285 g/mol. The van der Waals surface area contributed by atoms with E-state index in [2.05, 4.69) is 0 Å². The quantitative estimate of drug-likeness (QED) is 0.907. The predicted molar refractivity (Wildman–Crippen MR) is 73.7 cm³/mol. The maximum atomic E-state index is 13.8. The van der Waals surface area contributed by atoms with Crippen LogP contribution >= 0.6 is 11.6 Å². The Morgan fingerprint density at radius 2 is 2.32 bits per heavy atom. The smallest absolute Gasteiger partial charge is 0.256 e. The van der Waals surface area contributed by atoms with E-state index in [-0.39, 0.29) is 23.4 Å². The van der Waals surface area contributed by atoms with Gasteiger partial charge < -0.3 is 10.6 Å². The van der Waals surface area contributed by atoms with Gasteiger partial charge >= 0.3 is 0 Å². The molecule has 104 valence electrons. The van der Waals surface area contributed by atoms with Crippen LogP contribution in [0.2, 0.25) is 5.02 Å². The molecular weight excluding hydrogens is 267 g/mol. The second kappa shape index (κ2) is 5.88. The first-order valence-corrected chi connectivity index (χ1v) is 6.86. The van der Waals surface area contributed by atoms with Crippen molar-refractivity contribution < 1.29 is 9.18 Å². The van der Waals surface area contributed by atoms with E-state index in [1.807, 2.05) is 6.92 Å². The van der Waals surface area contributed by atoms with Gasteiger partial charge in [0.05, 0.1) is 5.56 Å². The Morgan fingerprint density at radius 3 is 2.95 bits per heavy atom. The summed E-state index contributed by atoms with van der Waals surface area (Å²) >= 11 is 5.69. The van der Waals surface area contributed by atoms with Crippen LogP contribution in [0, 0.1) is 11.7 Å². The maximum Gasteiger partial charge on any atom is 0.256 e. The number of halogens is 2. The average Bonchev–Trinajstić information content (AvgIpc) is 2.38. The van der Waals surface area contributed by atoms with Crippen molar-refractivity contribution in [1.29, 1.82) is 0 Å². The molecule has 1 aliphatic heterocycles. The summed E-state index contributed by atoms with van der Waals surface area (Å²) in [5, 5.41) is 0.293. The molecule has 2 atom stereocenters. The summed E-state index contributed by atoms with van der Waals surface area (Å²) in [6.07, 6.45) is 1.93. The van der Waals surface area contributed by atoms with Gasteiger partial charge in [-0.2, -0.15) is 0 Å². The number of nitrogens with zero attached hydrogens (tertiary/aromatic N) is 1. The second-order valence-electron chi connectivity index (χ2n) is 5.14. The summed E-state index contributed by atoms with van der Waals surface area (Å²) in [7, 11) is 0. The third-order valence-corrected chi connectivity index (χ3v) is 3.89. The van der Waals surface area contributed by atoms with Crippen molar-refractivity contribution in [2.24, 2.45) is 11.7 Å². The zero-order valence-electron chi connectivity index (χ0n) is 10.9. The van der Waals surface area contributed by atoms with Crippen LogP contribution in [0.4, 0.5) is 4.39 Å². The molecule has 2 rings (SSSR count). The van der Waals surface area contributed by atoms with Gasteiger partial charge in [0.25, 0.3) is 5.91 Å². The van der Waals surface area contributed by atoms with Gasteiger partial charge in [0.2, 0.25) is 0 Å². The predicted octanol–water partition coefficient (Wildman–Crippen LogP) is 2.68. The van der Waals surface area contributed by atoms with E-state index < -0.39 is 5.82 Å². The number of carbonyl (C=O) groups is 1. The third kappa shape index (κ3) is 3.25. The van der Waals surface area contributed by atoms with E-state index in [1.54, 1.807) is 4.90 Å². The molecule has 3 nitrogen and oxygen atoms in total. The van der Waals surface area contributed by atoms with E-state index in [9.17, 15) is 9.18 Å². The van der Waals surface area contributed by atoms with Gasteiger partial charge in [0, 0.05) is 24.2 Å².